The number of rotatable bonds is 5. The predicted molar refractivity (Wildman–Crippen MR) is 106 cm³/mol. The van der Waals surface area contributed by atoms with Crippen LogP contribution in [0.25, 0.3) is 6.08 Å². The van der Waals surface area contributed by atoms with E-state index in [9.17, 15) is 9.59 Å². The molecule has 2 amide bonds. The molecular formula is C17H14N2O4S3. The number of carbonyl (C=O) groups is 2. The number of nitrogens with one attached hydrogen (secondary N) is 1. The molecule has 1 N–H and O–H groups in total. The van der Waals surface area contributed by atoms with E-state index in [1.807, 2.05) is 0 Å². The largest absolute Gasteiger partial charge is 0.493 e. The second kappa shape index (κ2) is 7.90. The number of amides is 2. The van der Waals surface area contributed by atoms with Gasteiger partial charge in [0.1, 0.15) is 0 Å². The molecule has 0 spiro atoms. The Morgan fingerprint density at radius 3 is 2.65 bits per heavy atom. The third-order valence-corrected chi connectivity index (χ3v) is 5.63. The molecule has 1 aliphatic heterocycles. The lowest BCUT2D eigenvalue weighted by Crippen LogP contribution is -2.44. The highest BCUT2D eigenvalue weighted by Gasteiger charge is 2.34. The average Bonchev–Trinajstić information content (AvgIpc) is 3.26. The molecule has 9 heteroatoms. The van der Waals surface area contributed by atoms with Gasteiger partial charge in [0.25, 0.3) is 11.8 Å². The Morgan fingerprint density at radius 1 is 1.23 bits per heavy atom. The first-order valence-corrected chi connectivity index (χ1v) is 9.48. The molecule has 6 nitrogen and oxygen atoms in total. The maximum Gasteiger partial charge on any atom is 0.285 e. The van der Waals surface area contributed by atoms with Crippen molar-refractivity contribution in [1.82, 2.24) is 10.4 Å². The number of thiophene rings is 1. The Labute approximate surface area is 163 Å². The van der Waals surface area contributed by atoms with Crippen LogP contribution in [0.5, 0.6) is 11.5 Å². The Balaban J connectivity index is 1.80. The third-order valence-electron chi connectivity index (χ3n) is 3.46. The van der Waals surface area contributed by atoms with Crippen molar-refractivity contribution in [2.75, 3.05) is 14.2 Å². The molecular weight excluding hydrogens is 392 g/mol. The molecule has 0 atom stereocenters. The van der Waals surface area contributed by atoms with E-state index in [4.69, 9.17) is 21.7 Å². The van der Waals surface area contributed by atoms with Crippen molar-refractivity contribution in [2.45, 2.75) is 0 Å². The lowest BCUT2D eigenvalue weighted by molar-refractivity contribution is -0.123. The van der Waals surface area contributed by atoms with Crippen LogP contribution in [0.15, 0.2) is 40.6 Å². The number of nitrogens with zero attached hydrogens (tertiary/aromatic N) is 1. The molecule has 134 valence electrons. The fourth-order valence-electron chi connectivity index (χ4n) is 2.22. The van der Waals surface area contributed by atoms with Crippen molar-refractivity contribution in [3.63, 3.8) is 0 Å². The summed E-state index contributed by atoms with van der Waals surface area (Å²) in [5.41, 5.74) is 3.30. The molecule has 0 aliphatic carbocycles. The molecule has 1 fully saturated rings. The lowest BCUT2D eigenvalue weighted by atomic mass is 10.2. The van der Waals surface area contributed by atoms with E-state index >= 15 is 0 Å². The van der Waals surface area contributed by atoms with Crippen LogP contribution in [0.4, 0.5) is 0 Å². The zero-order valence-corrected chi connectivity index (χ0v) is 16.3. The van der Waals surface area contributed by atoms with Crippen LogP contribution in [0.3, 0.4) is 0 Å². The number of thioether (sulfide) groups is 1. The summed E-state index contributed by atoms with van der Waals surface area (Å²) in [6.45, 7) is 0. The highest BCUT2D eigenvalue weighted by molar-refractivity contribution is 8.26. The molecule has 1 aliphatic rings. The minimum Gasteiger partial charge on any atom is -0.493 e. The van der Waals surface area contributed by atoms with Gasteiger partial charge in [-0.05, 0) is 47.4 Å². The van der Waals surface area contributed by atoms with Crippen molar-refractivity contribution in [2.24, 2.45) is 0 Å². The van der Waals surface area contributed by atoms with E-state index in [1.54, 1.807) is 56.0 Å². The number of methoxy groups -OCH3 is 2. The van der Waals surface area contributed by atoms with E-state index in [2.05, 4.69) is 5.43 Å². The van der Waals surface area contributed by atoms with Crippen molar-refractivity contribution in [1.29, 1.82) is 0 Å². The van der Waals surface area contributed by atoms with Crippen LogP contribution in [0, 0.1) is 0 Å². The second-order valence-electron chi connectivity index (χ2n) is 5.05. The van der Waals surface area contributed by atoms with Crippen molar-refractivity contribution in [3.05, 3.63) is 51.1 Å². The van der Waals surface area contributed by atoms with Gasteiger partial charge in [0.15, 0.2) is 15.8 Å². The zero-order chi connectivity index (χ0) is 18.7. The van der Waals surface area contributed by atoms with Gasteiger partial charge in [-0.1, -0.05) is 23.9 Å². The molecule has 1 aromatic heterocycles. The van der Waals surface area contributed by atoms with E-state index in [0.717, 1.165) is 22.3 Å². The zero-order valence-electron chi connectivity index (χ0n) is 13.8. The number of hydrogen-bond donors (Lipinski definition) is 1. The average molecular weight is 407 g/mol. The summed E-state index contributed by atoms with van der Waals surface area (Å²) in [6, 6.07) is 8.76. The number of carbonyl (C=O) groups excluding carboxylic acids is 2. The van der Waals surface area contributed by atoms with Crippen molar-refractivity contribution < 1.29 is 19.1 Å². The monoisotopic (exact) mass is 406 g/mol. The number of hydrogen-bond acceptors (Lipinski definition) is 7. The smallest absolute Gasteiger partial charge is 0.285 e. The Bertz CT molecular complexity index is 893. The van der Waals surface area contributed by atoms with Crippen LogP contribution in [0.1, 0.15) is 15.2 Å². The summed E-state index contributed by atoms with van der Waals surface area (Å²) in [5.74, 6) is 0.409. The fourth-order valence-corrected chi connectivity index (χ4v) is 4.02. The standard InChI is InChI=1S/C17H14N2O4S3/c1-22-11-6-5-10(8-12(11)23-2)9-14-16(21)19(17(24)26-14)18-15(20)13-4-3-7-25-13/h3-9H,1-2H3,(H,18,20)/b14-9+. The highest BCUT2D eigenvalue weighted by Crippen LogP contribution is 2.34. The Kier molecular flexibility index (Phi) is 5.60. The first-order valence-electron chi connectivity index (χ1n) is 7.38. The van der Waals surface area contributed by atoms with Gasteiger partial charge in [-0.25, -0.2) is 0 Å². The van der Waals surface area contributed by atoms with Crippen LogP contribution in [-0.2, 0) is 4.79 Å². The van der Waals surface area contributed by atoms with Gasteiger partial charge in [0.05, 0.1) is 24.0 Å². The summed E-state index contributed by atoms with van der Waals surface area (Å²) in [7, 11) is 3.10. The number of hydrazine groups is 1. The third kappa shape index (κ3) is 3.74. The van der Waals surface area contributed by atoms with Gasteiger partial charge in [0.2, 0.25) is 0 Å². The molecule has 2 aromatic rings. The van der Waals surface area contributed by atoms with Crippen molar-refractivity contribution >= 4 is 57.5 Å². The Hall–Kier alpha value is -2.36. The van der Waals surface area contributed by atoms with Crippen molar-refractivity contribution in [3.8, 4) is 11.5 Å². The van der Waals surface area contributed by atoms with Gasteiger partial charge in [-0.2, -0.15) is 5.01 Å². The molecule has 3 rings (SSSR count). The molecule has 1 saturated heterocycles. The summed E-state index contributed by atoms with van der Waals surface area (Å²) in [5, 5.41) is 2.88. The van der Waals surface area contributed by atoms with Gasteiger partial charge < -0.3 is 9.47 Å². The first kappa shape index (κ1) is 18.4. The maximum absolute atomic E-state index is 12.6. The van der Waals surface area contributed by atoms with Gasteiger partial charge in [-0.15, -0.1) is 11.3 Å². The molecule has 0 unspecified atom stereocenters. The lowest BCUT2D eigenvalue weighted by Gasteiger charge is -2.14. The van der Waals surface area contributed by atoms with Crippen LogP contribution in [-0.4, -0.2) is 35.4 Å². The van der Waals surface area contributed by atoms with E-state index < -0.39 is 0 Å². The molecule has 26 heavy (non-hydrogen) atoms. The number of thiocarbonyl (C=S) groups is 1. The first-order chi connectivity index (χ1) is 12.5. The summed E-state index contributed by atoms with van der Waals surface area (Å²) < 4.78 is 10.7. The summed E-state index contributed by atoms with van der Waals surface area (Å²) in [6.07, 6.45) is 1.69. The molecule has 0 radical (unpaired) electrons. The summed E-state index contributed by atoms with van der Waals surface area (Å²) >= 11 is 7.63. The molecule has 0 saturated carbocycles. The SMILES string of the molecule is COc1ccc(/C=C2/SC(=S)N(NC(=O)c3cccs3)C2=O)cc1OC. The topological polar surface area (TPSA) is 67.9 Å². The minimum absolute atomic E-state index is 0.270. The van der Waals surface area contributed by atoms with Gasteiger partial charge >= 0.3 is 0 Å². The number of benzene rings is 1. The van der Waals surface area contributed by atoms with Crippen LogP contribution in [0.2, 0.25) is 0 Å². The van der Waals surface area contributed by atoms with Gasteiger partial charge in [-0.3, -0.25) is 15.0 Å². The highest BCUT2D eigenvalue weighted by atomic mass is 32.2. The predicted octanol–water partition coefficient (Wildman–Crippen LogP) is 3.31. The normalized spacial score (nSPS) is 15.5. The second-order valence-corrected chi connectivity index (χ2v) is 7.67. The maximum atomic E-state index is 12.6. The minimum atomic E-state index is -0.375. The quantitative estimate of drug-likeness (QED) is 0.607. The van der Waals surface area contributed by atoms with E-state index in [-0.39, 0.29) is 16.1 Å². The van der Waals surface area contributed by atoms with Crippen LogP contribution < -0.4 is 14.9 Å². The summed E-state index contributed by atoms with van der Waals surface area (Å²) in [4.78, 5) is 25.7. The molecule has 0 bridgehead atoms. The Morgan fingerprint density at radius 2 is 2.00 bits per heavy atom. The van der Waals surface area contributed by atoms with E-state index in [0.29, 0.717) is 21.3 Å². The van der Waals surface area contributed by atoms with Crippen LogP contribution >= 0.6 is 35.3 Å². The van der Waals surface area contributed by atoms with E-state index in [1.165, 1.54) is 11.3 Å². The molecule has 1 aromatic carbocycles. The van der Waals surface area contributed by atoms with Gasteiger partial charge in [0, 0.05) is 0 Å². The number of ether oxygens (including phenoxy) is 2. The molecule has 2 heterocycles. The fraction of sp³-hybridized carbons (Fsp3) is 0.118.